The van der Waals surface area contributed by atoms with Crippen LogP contribution >= 0.6 is 0 Å². The Kier molecular flexibility index (Phi) is 3.93. The van der Waals surface area contributed by atoms with Gasteiger partial charge in [0.2, 0.25) is 0 Å². The Morgan fingerprint density at radius 3 is 2.29 bits per heavy atom. The lowest BCUT2D eigenvalue weighted by Gasteiger charge is -2.34. The molecule has 0 aliphatic carbocycles. The molecule has 100 valence electrons. The van der Waals surface area contributed by atoms with E-state index in [1.54, 1.807) is 4.90 Å². The van der Waals surface area contributed by atoms with Crippen LogP contribution in [0.15, 0.2) is 0 Å². The summed E-state index contributed by atoms with van der Waals surface area (Å²) in [4.78, 5) is 13.8. The highest BCUT2D eigenvalue weighted by atomic mass is 28.3. The molecular weight excluding hydrogens is 234 g/mol. The molecule has 0 spiro atoms. The minimum absolute atomic E-state index is 0.173. The normalized spacial score (nSPS) is 26.2. The Labute approximate surface area is 105 Å². The van der Waals surface area contributed by atoms with E-state index in [-0.39, 0.29) is 11.8 Å². The lowest BCUT2D eigenvalue weighted by molar-refractivity contribution is 0.0245. The number of rotatable bonds is 1. The van der Waals surface area contributed by atoms with Crippen molar-refractivity contribution in [3.05, 3.63) is 0 Å². The maximum absolute atomic E-state index is 12.1. The van der Waals surface area contributed by atoms with E-state index in [1.807, 2.05) is 20.8 Å². The lowest BCUT2D eigenvalue weighted by atomic mass is 10.2. The predicted octanol–water partition coefficient (Wildman–Crippen LogP) is 2.23. The summed E-state index contributed by atoms with van der Waals surface area (Å²) in [7, 11) is -1.50. The number of carbonyl (C=O) groups excluding carboxylic acids is 1. The fraction of sp³-hybridized carbons (Fsp3) is 0.917. The van der Waals surface area contributed by atoms with Gasteiger partial charge >= 0.3 is 6.09 Å². The topological polar surface area (TPSA) is 49.8 Å². The van der Waals surface area contributed by atoms with Gasteiger partial charge in [0, 0.05) is 12.2 Å². The minimum Gasteiger partial charge on any atom is -0.444 e. The van der Waals surface area contributed by atoms with Gasteiger partial charge in [0.25, 0.3) is 0 Å². The van der Waals surface area contributed by atoms with Crippen molar-refractivity contribution < 1.29 is 14.6 Å². The van der Waals surface area contributed by atoms with E-state index in [1.165, 1.54) is 0 Å². The SMILES string of the molecule is CC(C)(C)OC(=O)N1C[C@H](O)C[C@@H]1[Si](C)(C)C. The van der Waals surface area contributed by atoms with Gasteiger partial charge in [0.05, 0.1) is 14.2 Å². The van der Waals surface area contributed by atoms with Crippen LogP contribution in [0.2, 0.25) is 19.6 Å². The predicted molar refractivity (Wildman–Crippen MR) is 70.7 cm³/mol. The van der Waals surface area contributed by atoms with Crippen LogP contribution in [0.25, 0.3) is 0 Å². The van der Waals surface area contributed by atoms with Crippen LogP contribution in [0.3, 0.4) is 0 Å². The first-order valence-electron chi connectivity index (χ1n) is 6.18. The number of carbonyl (C=O) groups is 1. The van der Waals surface area contributed by atoms with Gasteiger partial charge in [-0.15, -0.1) is 0 Å². The molecule has 1 N–H and O–H groups in total. The Hall–Kier alpha value is -0.553. The van der Waals surface area contributed by atoms with Gasteiger partial charge < -0.3 is 14.7 Å². The summed E-state index contributed by atoms with van der Waals surface area (Å²) in [6.45, 7) is 12.6. The third-order valence-corrected chi connectivity index (χ3v) is 5.45. The molecule has 1 amide bonds. The van der Waals surface area contributed by atoms with Crippen LogP contribution in [0.1, 0.15) is 27.2 Å². The molecule has 0 aromatic heterocycles. The number of ether oxygens (including phenoxy) is 1. The molecule has 17 heavy (non-hydrogen) atoms. The van der Waals surface area contributed by atoms with Crippen LogP contribution in [-0.2, 0) is 4.74 Å². The molecule has 1 fully saturated rings. The van der Waals surface area contributed by atoms with E-state index in [9.17, 15) is 9.90 Å². The van der Waals surface area contributed by atoms with Crippen LogP contribution in [-0.4, -0.2) is 48.1 Å². The van der Waals surface area contributed by atoms with Crippen LogP contribution in [0.5, 0.6) is 0 Å². The second-order valence-corrected chi connectivity index (χ2v) is 12.3. The molecule has 0 aromatic rings. The molecule has 5 heteroatoms. The molecule has 1 aliphatic heterocycles. The van der Waals surface area contributed by atoms with E-state index in [4.69, 9.17) is 4.74 Å². The van der Waals surface area contributed by atoms with Gasteiger partial charge in [0.15, 0.2) is 0 Å². The first-order valence-corrected chi connectivity index (χ1v) is 9.76. The Bertz CT molecular complexity index is 293. The van der Waals surface area contributed by atoms with E-state index in [0.717, 1.165) is 0 Å². The zero-order valence-electron chi connectivity index (χ0n) is 11.8. The highest BCUT2D eigenvalue weighted by Gasteiger charge is 2.43. The third-order valence-electron chi connectivity index (χ3n) is 2.91. The summed E-state index contributed by atoms with van der Waals surface area (Å²) in [5, 5.41) is 9.75. The molecule has 0 aromatic carbocycles. The molecular formula is C12H25NO3Si. The number of likely N-dealkylation sites (tertiary alicyclic amines) is 1. The molecule has 0 saturated carbocycles. The first kappa shape index (κ1) is 14.5. The highest BCUT2D eigenvalue weighted by molar-refractivity contribution is 6.77. The van der Waals surface area contributed by atoms with Gasteiger partial charge in [-0.1, -0.05) is 19.6 Å². The van der Waals surface area contributed by atoms with Crippen molar-refractivity contribution in [2.45, 2.75) is 64.2 Å². The maximum Gasteiger partial charge on any atom is 0.410 e. The number of hydrogen-bond donors (Lipinski definition) is 1. The molecule has 1 saturated heterocycles. The number of aliphatic hydroxyl groups excluding tert-OH is 1. The first-order chi connectivity index (χ1) is 7.50. The quantitative estimate of drug-likeness (QED) is 0.735. The van der Waals surface area contributed by atoms with Crippen LogP contribution < -0.4 is 0 Å². The van der Waals surface area contributed by atoms with Gasteiger partial charge in [0.1, 0.15) is 5.60 Å². The minimum atomic E-state index is -1.50. The smallest absolute Gasteiger partial charge is 0.410 e. The fourth-order valence-electron chi connectivity index (χ4n) is 2.16. The van der Waals surface area contributed by atoms with Crippen molar-refractivity contribution in [1.82, 2.24) is 4.90 Å². The van der Waals surface area contributed by atoms with Crippen molar-refractivity contribution in [1.29, 1.82) is 0 Å². The standard InChI is InChI=1S/C12H25NO3Si/c1-12(2,3)16-11(15)13-8-9(14)7-10(13)17(4,5)6/h9-10,14H,7-8H2,1-6H3/t9-,10+/m1/s1. The van der Waals surface area contributed by atoms with E-state index in [0.29, 0.717) is 13.0 Å². The molecule has 1 rings (SSSR count). The summed E-state index contributed by atoms with van der Waals surface area (Å²) in [6.07, 6.45) is -0.00433. The second kappa shape index (κ2) is 4.61. The third kappa shape index (κ3) is 3.99. The second-order valence-electron chi connectivity index (χ2n) is 6.90. The molecule has 0 bridgehead atoms. The lowest BCUT2D eigenvalue weighted by Crippen LogP contribution is -2.51. The van der Waals surface area contributed by atoms with Gasteiger partial charge in [-0.25, -0.2) is 4.79 Å². The highest BCUT2D eigenvalue weighted by Crippen LogP contribution is 2.27. The molecule has 2 atom stereocenters. The summed E-state index contributed by atoms with van der Waals surface area (Å²) in [5.74, 6) is 0. The summed E-state index contributed by atoms with van der Waals surface area (Å²) in [5.41, 5.74) is -0.304. The van der Waals surface area contributed by atoms with Gasteiger partial charge in [-0.05, 0) is 27.2 Å². The maximum atomic E-state index is 12.1. The summed E-state index contributed by atoms with van der Waals surface area (Å²) >= 11 is 0. The Balaban J connectivity index is 2.78. The van der Waals surface area contributed by atoms with E-state index >= 15 is 0 Å². The largest absolute Gasteiger partial charge is 0.444 e. The van der Waals surface area contributed by atoms with Crippen LogP contribution in [0.4, 0.5) is 4.79 Å². The monoisotopic (exact) mass is 259 g/mol. The molecule has 4 nitrogen and oxygen atoms in total. The summed E-state index contributed by atoms with van der Waals surface area (Å²) in [6, 6.07) is 0. The van der Waals surface area contributed by atoms with Gasteiger partial charge in [-0.3, -0.25) is 0 Å². The van der Waals surface area contributed by atoms with Crippen LogP contribution in [0, 0.1) is 0 Å². The van der Waals surface area contributed by atoms with Crippen molar-refractivity contribution in [3.8, 4) is 0 Å². The fourth-order valence-corrected chi connectivity index (χ4v) is 4.28. The molecule has 1 heterocycles. The molecule has 0 unspecified atom stereocenters. The average molecular weight is 259 g/mol. The zero-order valence-corrected chi connectivity index (χ0v) is 12.8. The van der Waals surface area contributed by atoms with Crippen molar-refractivity contribution in [3.63, 3.8) is 0 Å². The van der Waals surface area contributed by atoms with Gasteiger partial charge in [-0.2, -0.15) is 0 Å². The van der Waals surface area contributed by atoms with Crippen molar-refractivity contribution in [2.24, 2.45) is 0 Å². The van der Waals surface area contributed by atoms with Crippen molar-refractivity contribution in [2.75, 3.05) is 6.54 Å². The Morgan fingerprint density at radius 1 is 1.35 bits per heavy atom. The number of aliphatic hydroxyl groups is 1. The number of nitrogens with zero attached hydrogens (tertiary/aromatic N) is 1. The number of hydrogen-bond acceptors (Lipinski definition) is 3. The summed E-state index contributed by atoms with van der Waals surface area (Å²) < 4.78 is 5.39. The van der Waals surface area contributed by atoms with E-state index < -0.39 is 19.8 Å². The number of β-amino-alcohol motifs (C(OH)–C–C–N with tert-alkyl or cyclic N) is 1. The average Bonchev–Trinajstić information content (AvgIpc) is 2.43. The molecule has 1 aliphatic rings. The Morgan fingerprint density at radius 2 is 1.88 bits per heavy atom. The van der Waals surface area contributed by atoms with E-state index in [2.05, 4.69) is 19.6 Å². The molecule has 0 radical (unpaired) electrons. The van der Waals surface area contributed by atoms with Crippen molar-refractivity contribution >= 4 is 14.2 Å². The number of amides is 1. The zero-order chi connectivity index (χ0) is 13.4.